The van der Waals surface area contributed by atoms with Crippen LogP contribution in [0.5, 0.6) is 0 Å². The minimum Gasteiger partial charge on any atom is -0.466 e. The zero-order chi connectivity index (χ0) is 21.3. The molecule has 0 saturated heterocycles. The third-order valence-corrected chi connectivity index (χ3v) is 5.84. The number of carbonyl (C=O) groups is 2. The summed E-state index contributed by atoms with van der Waals surface area (Å²) in [6.45, 7) is 5.18. The first-order valence-corrected chi connectivity index (χ1v) is 10.1. The van der Waals surface area contributed by atoms with Crippen molar-refractivity contribution >= 4 is 25.2 Å². The van der Waals surface area contributed by atoms with Crippen LogP contribution in [-0.2, 0) is 32.7 Å². The van der Waals surface area contributed by atoms with Gasteiger partial charge in [-0.3, -0.25) is 4.57 Å². The Bertz CT molecular complexity index is 802. The van der Waals surface area contributed by atoms with E-state index in [0.717, 1.165) is 25.9 Å². The van der Waals surface area contributed by atoms with Crippen molar-refractivity contribution in [1.29, 1.82) is 0 Å². The number of esters is 2. The van der Waals surface area contributed by atoms with E-state index in [4.69, 9.17) is 19.5 Å². The van der Waals surface area contributed by atoms with Gasteiger partial charge in [-0.25, -0.2) is 9.59 Å². The van der Waals surface area contributed by atoms with E-state index in [9.17, 15) is 14.2 Å². The average Bonchev–Trinajstić information content (AvgIpc) is 2.67. The molecule has 1 rings (SSSR count). The standard InChI is InChI=1S/C19H26NO7P/c1-6-26-28(23,27-7-2)18(15(19(22)25-5)12-16(21)24-4)17(20)14-10-8-13(3)9-11-14/h8-12H,6-7,20H2,1-5H3/b15-12-,18-17-. The van der Waals surface area contributed by atoms with Crippen LogP contribution in [0.2, 0.25) is 0 Å². The van der Waals surface area contributed by atoms with Gasteiger partial charge < -0.3 is 24.3 Å². The lowest BCUT2D eigenvalue weighted by Crippen LogP contribution is -2.16. The summed E-state index contributed by atoms with van der Waals surface area (Å²) in [4.78, 5) is 24.3. The quantitative estimate of drug-likeness (QED) is 0.285. The molecule has 0 amide bonds. The first-order valence-electron chi connectivity index (χ1n) is 8.58. The summed E-state index contributed by atoms with van der Waals surface area (Å²) in [5, 5.41) is -0.252. The van der Waals surface area contributed by atoms with Crippen molar-refractivity contribution < 1.29 is 32.7 Å². The maximum atomic E-state index is 13.5. The predicted molar refractivity (Wildman–Crippen MR) is 105 cm³/mol. The van der Waals surface area contributed by atoms with E-state index in [2.05, 4.69) is 4.74 Å². The Morgan fingerprint density at radius 2 is 1.57 bits per heavy atom. The maximum Gasteiger partial charge on any atom is 0.364 e. The number of ether oxygens (including phenoxy) is 2. The number of hydrogen-bond acceptors (Lipinski definition) is 8. The molecule has 0 atom stereocenters. The second-order valence-corrected chi connectivity index (χ2v) is 7.49. The van der Waals surface area contributed by atoms with Gasteiger partial charge in [0.25, 0.3) is 0 Å². The molecule has 1 aromatic rings. The van der Waals surface area contributed by atoms with Gasteiger partial charge in [-0.15, -0.1) is 0 Å². The van der Waals surface area contributed by atoms with Crippen molar-refractivity contribution in [3.05, 3.63) is 52.4 Å². The number of methoxy groups -OCH3 is 2. The number of hydrogen-bond donors (Lipinski definition) is 1. The van der Waals surface area contributed by atoms with Crippen molar-refractivity contribution in [3.63, 3.8) is 0 Å². The van der Waals surface area contributed by atoms with Crippen LogP contribution >= 0.6 is 7.60 Å². The minimum atomic E-state index is -4.08. The van der Waals surface area contributed by atoms with Gasteiger partial charge in [-0.1, -0.05) is 29.8 Å². The largest absolute Gasteiger partial charge is 0.466 e. The molecule has 0 aliphatic carbocycles. The number of carbonyl (C=O) groups excluding carboxylic acids is 2. The third-order valence-electron chi connectivity index (χ3n) is 3.61. The van der Waals surface area contributed by atoms with E-state index in [1.165, 1.54) is 0 Å². The van der Waals surface area contributed by atoms with Crippen LogP contribution in [0.25, 0.3) is 5.70 Å². The van der Waals surface area contributed by atoms with Crippen LogP contribution in [0, 0.1) is 6.92 Å². The van der Waals surface area contributed by atoms with Crippen LogP contribution in [-0.4, -0.2) is 39.4 Å². The van der Waals surface area contributed by atoms with E-state index in [0.29, 0.717) is 5.56 Å². The van der Waals surface area contributed by atoms with Crippen molar-refractivity contribution in [2.45, 2.75) is 20.8 Å². The molecule has 8 nitrogen and oxygen atoms in total. The molecule has 0 unspecified atom stereocenters. The fourth-order valence-corrected chi connectivity index (χ4v) is 4.21. The molecule has 2 N–H and O–H groups in total. The van der Waals surface area contributed by atoms with Crippen molar-refractivity contribution in [3.8, 4) is 0 Å². The normalized spacial score (nSPS) is 13.0. The molecule has 0 heterocycles. The fourth-order valence-electron chi connectivity index (χ4n) is 2.33. The van der Waals surface area contributed by atoms with E-state index in [1.54, 1.807) is 38.1 Å². The second-order valence-electron chi connectivity index (χ2n) is 5.53. The molecule has 154 valence electrons. The molecule has 0 saturated carbocycles. The first kappa shape index (κ1) is 23.6. The number of aryl methyl sites for hydroxylation is 1. The summed E-state index contributed by atoms with van der Waals surface area (Å²) in [5.41, 5.74) is 7.35. The van der Waals surface area contributed by atoms with Crippen molar-refractivity contribution in [2.24, 2.45) is 5.73 Å². The van der Waals surface area contributed by atoms with Gasteiger partial charge in [0.05, 0.1) is 38.7 Å². The molecule has 0 aliphatic heterocycles. The van der Waals surface area contributed by atoms with E-state index in [-0.39, 0.29) is 29.8 Å². The number of benzene rings is 1. The lowest BCUT2D eigenvalue weighted by molar-refractivity contribution is -0.138. The Morgan fingerprint density at radius 1 is 1.04 bits per heavy atom. The Morgan fingerprint density at radius 3 is 2.00 bits per heavy atom. The highest BCUT2D eigenvalue weighted by atomic mass is 31.2. The summed E-state index contributed by atoms with van der Waals surface area (Å²) in [6.07, 6.45) is 0.854. The molecule has 9 heteroatoms. The summed E-state index contributed by atoms with van der Waals surface area (Å²) >= 11 is 0. The van der Waals surface area contributed by atoms with Gasteiger partial charge in [0.1, 0.15) is 5.31 Å². The third kappa shape index (κ3) is 5.79. The topological polar surface area (TPSA) is 114 Å². The molecule has 0 radical (unpaired) electrons. The summed E-state index contributed by atoms with van der Waals surface area (Å²) in [7, 11) is -1.81. The molecule has 0 aromatic heterocycles. The van der Waals surface area contributed by atoms with Gasteiger partial charge >= 0.3 is 19.5 Å². The highest BCUT2D eigenvalue weighted by Gasteiger charge is 2.38. The minimum absolute atomic E-state index is 0.0225. The molecule has 0 bridgehead atoms. The molecule has 0 spiro atoms. The summed E-state index contributed by atoms with van der Waals surface area (Å²) in [5.74, 6) is -1.79. The van der Waals surface area contributed by atoms with Crippen LogP contribution < -0.4 is 5.73 Å². The van der Waals surface area contributed by atoms with E-state index in [1.807, 2.05) is 6.92 Å². The molecule has 0 fully saturated rings. The molecule has 0 aliphatic rings. The first-order chi connectivity index (χ1) is 13.2. The van der Waals surface area contributed by atoms with Gasteiger partial charge in [0.2, 0.25) is 0 Å². The highest BCUT2D eigenvalue weighted by molar-refractivity contribution is 7.59. The Balaban J connectivity index is 3.88. The monoisotopic (exact) mass is 411 g/mol. The van der Waals surface area contributed by atoms with Gasteiger partial charge in [-0.05, 0) is 26.3 Å². The van der Waals surface area contributed by atoms with E-state index >= 15 is 0 Å². The number of nitrogens with two attached hydrogens (primary N) is 1. The molecular formula is C19H26NO7P. The highest BCUT2D eigenvalue weighted by Crippen LogP contribution is 2.60. The smallest absolute Gasteiger partial charge is 0.364 e. The zero-order valence-corrected chi connectivity index (χ0v) is 17.6. The number of rotatable bonds is 9. The maximum absolute atomic E-state index is 13.5. The summed E-state index contributed by atoms with van der Waals surface area (Å²) < 4.78 is 33.7. The fraction of sp³-hybridized carbons (Fsp3) is 0.368. The Kier molecular flexibility index (Phi) is 9.12. The van der Waals surface area contributed by atoms with Gasteiger partial charge in [0, 0.05) is 6.08 Å². The SMILES string of the molecule is CCOP(=O)(OCC)C(=C(\N)c1ccc(C)cc1)/C(=C/C(=O)OC)C(=O)OC. The van der Waals surface area contributed by atoms with Crippen molar-refractivity contribution in [1.82, 2.24) is 0 Å². The lowest BCUT2D eigenvalue weighted by atomic mass is 10.1. The van der Waals surface area contributed by atoms with Gasteiger partial charge in [0.15, 0.2) is 0 Å². The predicted octanol–water partition coefficient (Wildman–Crippen LogP) is 3.16. The molecular weight excluding hydrogens is 385 g/mol. The average molecular weight is 411 g/mol. The Hall–Kier alpha value is -2.41. The van der Waals surface area contributed by atoms with Crippen LogP contribution in [0.3, 0.4) is 0 Å². The van der Waals surface area contributed by atoms with Crippen LogP contribution in [0.15, 0.2) is 41.2 Å². The molecule has 1 aromatic carbocycles. The van der Waals surface area contributed by atoms with Crippen molar-refractivity contribution in [2.75, 3.05) is 27.4 Å². The van der Waals surface area contributed by atoms with Crippen LogP contribution in [0.1, 0.15) is 25.0 Å². The lowest BCUT2D eigenvalue weighted by Gasteiger charge is -2.23. The van der Waals surface area contributed by atoms with Gasteiger partial charge in [-0.2, -0.15) is 0 Å². The summed E-state index contributed by atoms with van der Waals surface area (Å²) in [6, 6.07) is 6.99. The van der Waals surface area contributed by atoms with E-state index < -0.39 is 19.5 Å². The molecule has 28 heavy (non-hydrogen) atoms. The Labute approximate surface area is 164 Å². The van der Waals surface area contributed by atoms with Crippen LogP contribution in [0.4, 0.5) is 0 Å². The second kappa shape index (κ2) is 10.8. The zero-order valence-electron chi connectivity index (χ0n) is 16.7.